The highest BCUT2D eigenvalue weighted by atomic mass is 35.5. The molecule has 34 heavy (non-hydrogen) atoms. The lowest BCUT2D eigenvalue weighted by Gasteiger charge is -2.12. The van der Waals surface area contributed by atoms with E-state index in [-0.39, 0.29) is 16.3 Å². The van der Waals surface area contributed by atoms with Gasteiger partial charge in [-0.1, -0.05) is 37.6 Å². The number of nitro groups is 1. The number of benzene rings is 2. The standard InChI is InChI=1S/C24H21ClN6O3/c1-13(2)10-11-29-14(3)26-22-20(24(29)32)21-23(28-18-7-5-4-6-17(18)27-21)30(22)15-8-9-16(25)19(12-15)31(33)34/h4-9,12-13H,10-11H2,1-3H3. The average molecular weight is 477 g/mol. The van der Waals surface area contributed by atoms with E-state index in [9.17, 15) is 14.9 Å². The van der Waals surface area contributed by atoms with E-state index in [1.165, 1.54) is 12.1 Å². The van der Waals surface area contributed by atoms with E-state index in [0.717, 1.165) is 6.42 Å². The second-order valence-corrected chi connectivity index (χ2v) is 9.02. The summed E-state index contributed by atoms with van der Waals surface area (Å²) in [6.45, 7) is 6.52. The van der Waals surface area contributed by atoms with Crippen molar-refractivity contribution in [1.82, 2.24) is 24.1 Å². The maximum absolute atomic E-state index is 13.7. The zero-order chi connectivity index (χ0) is 24.1. The molecule has 0 bridgehead atoms. The van der Waals surface area contributed by atoms with Gasteiger partial charge < -0.3 is 0 Å². The quantitative estimate of drug-likeness (QED) is 0.255. The lowest BCUT2D eigenvalue weighted by Crippen LogP contribution is -2.24. The Morgan fingerprint density at radius 2 is 1.76 bits per heavy atom. The summed E-state index contributed by atoms with van der Waals surface area (Å²) in [4.78, 5) is 39.0. The third-order valence-electron chi connectivity index (χ3n) is 5.87. The van der Waals surface area contributed by atoms with Crippen molar-refractivity contribution in [2.45, 2.75) is 33.7 Å². The number of hydrogen-bond donors (Lipinski definition) is 0. The van der Waals surface area contributed by atoms with Crippen LogP contribution in [0.3, 0.4) is 0 Å². The monoisotopic (exact) mass is 476 g/mol. The van der Waals surface area contributed by atoms with E-state index in [4.69, 9.17) is 26.6 Å². The van der Waals surface area contributed by atoms with E-state index in [1.807, 2.05) is 24.3 Å². The molecule has 0 unspecified atom stereocenters. The third kappa shape index (κ3) is 3.49. The first kappa shape index (κ1) is 22.0. The first-order chi connectivity index (χ1) is 16.3. The van der Waals surface area contributed by atoms with Gasteiger partial charge in [0.25, 0.3) is 11.2 Å². The first-order valence-corrected chi connectivity index (χ1v) is 11.3. The van der Waals surface area contributed by atoms with Gasteiger partial charge in [0.05, 0.1) is 21.6 Å². The van der Waals surface area contributed by atoms with Gasteiger partial charge in [0.2, 0.25) is 0 Å². The molecular weight excluding hydrogens is 456 g/mol. The van der Waals surface area contributed by atoms with Gasteiger partial charge in [-0.2, -0.15) is 0 Å². The summed E-state index contributed by atoms with van der Waals surface area (Å²) < 4.78 is 3.31. The summed E-state index contributed by atoms with van der Waals surface area (Å²) in [6.07, 6.45) is 0.824. The van der Waals surface area contributed by atoms with Crippen LogP contribution in [0.2, 0.25) is 5.02 Å². The van der Waals surface area contributed by atoms with Crippen molar-refractivity contribution in [3.63, 3.8) is 0 Å². The molecule has 2 aromatic carbocycles. The van der Waals surface area contributed by atoms with Crippen molar-refractivity contribution >= 4 is 50.5 Å². The molecule has 172 valence electrons. The van der Waals surface area contributed by atoms with Crippen LogP contribution < -0.4 is 5.56 Å². The number of halogens is 1. The zero-order valence-corrected chi connectivity index (χ0v) is 19.6. The Bertz CT molecular complexity index is 1670. The third-order valence-corrected chi connectivity index (χ3v) is 6.19. The molecule has 0 spiro atoms. The fourth-order valence-electron chi connectivity index (χ4n) is 4.11. The number of nitrogens with zero attached hydrogens (tertiary/aromatic N) is 6. The first-order valence-electron chi connectivity index (χ1n) is 10.9. The van der Waals surface area contributed by atoms with Crippen LogP contribution in [0, 0.1) is 23.0 Å². The van der Waals surface area contributed by atoms with Gasteiger partial charge in [0.15, 0.2) is 11.3 Å². The minimum Gasteiger partial charge on any atom is -0.296 e. The van der Waals surface area contributed by atoms with E-state index in [0.29, 0.717) is 57.2 Å². The van der Waals surface area contributed by atoms with Gasteiger partial charge in [-0.3, -0.25) is 24.0 Å². The molecule has 0 amide bonds. The van der Waals surface area contributed by atoms with Gasteiger partial charge in [-0.25, -0.2) is 15.0 Å². The molecular formula is C24H21ClN6O3. The van der Waals surface area contributed by atoms with E-state index >= 15 is 0 Å². The van der Waals surface area contributed by atoms with Gasteiger partial charge in [-0.15, -0.1) is 0 Å². The molecule has 5 rings (SSSR count). The number of rotatable bonds is 5. The highest BCUT2D eigenvalue weighted by Crippen LogP contribution is 2.32. The minimum atomic E-state index is -0.543. The summed E-state index contributed by atoms with van der Waals surface area (Å²) >= 11 is 6.05. The van der Waals surface area contributed by atoms with Crippen LogP contribution >= 0.6 is 11.6 Å². The summed E-state index contributed by atoms with van der Waals surface area (Å²) in [5.41, 5.74) is 2.41. The minimum absolute atomic E-state index is 0.0197. The van der Waals surface area contributed by atoms with Crippen molar-refractivity contribution in [2.24, 2.45) is 5.92 Å². The molecule has 0 atom stereocenters. The van der Waals surface area contributed by atoms with Crippen molar-refractivity contribution < 1.29 is 4.92 Å². The van der Waals surface area contributed by atoms with Gasteiger partial charge >= 0.3 is 0 Å². The smallest absolute Gasteiger partial charge is 0.289 e. The van der Waals surface area contributed by atoms with Gasteiger partial charge in [0, 0.05) is 12.6 Å². The summed E-state index contributed by atoms with van der Waals surface area (Å²) in [6, 6.07) is 11.8. The Morgan fingerprint density at radius 3 is 2.44 bits per heavy atom. The molecule has 0 saturated heterocycles. The average Bonchev–Trinajstić information content (AvgIpc) is 3.10. The van der Waals surface area contributed by atoms with Gasteiger partial charge in [0.1, 0.15) is 21.7 Å². The van der Waals surface area contributed by atoms with Crippen LogP contribution in [0.4, 0.5) is 5.69 Å². The van der Waals surface area contributed by atoms with Crippen molar-refractivity contribution in [3.8, 4) is 5.69 Å². The number of aromatic nitrogens is 5. The van der Waals surface area contributed by atoms with Crippen molar-refractivity contribution in [3.05, 3.63) is 73.8 Å². The van der Waals surface area contributed by atoms with Crippen LogP contribution in [-0.2, 0) is 6.54 Å². The van der Waals surface area contributed by atoms with Crippen LogP contribution in [0.15, 0.2) is 47.3 Å². The number of hydrogen-bond acceptors (Lipinski definition) is 6. The summed E-state index contributed by atoms with van der Waals surface area (Å²) in [5.74, 6) is 0.969. The Hall–Kier alpha value is -3.85. The predicted molar refractivity (Wildman–Crippen MR) is 132 cm³/mol. The van der Waals surface area contributed by atoms with Crippen LogP contribution in [0.1, 0.15) is 26.1 Å². The molecule has 9 nitrogen and oxygen atoms in total. The van der Waals surface area contributed by atoms with Crippen molar-refractivity contribution in [1.29, 1.82) is 0 Å². The molecule has 3 aromatic heterocycles. The number of aryl methyl sites for hydroxylation is 1. The Kier molecular flexibility index (Phi) is 5.28. The maximum Gasteiger partial charge on any atom is 0.289 e. The van der Waals surface area contributed by atoms with Crippen molar-refractivity contribution in [2.75, 3.05) is 0 Å². The molecule has 0 N–H and O–H groups in total. The molecule has 0 aliphatic carbocycles. The van der Waals surface area contributed by atoms with E-state index < -0.39 is 4.92 Å². The predicted octanol–water partition coefficient (Wildman–Crippen LogP) is 5.20. The highest BCUT2D eigenvalue weighted by Gasteiger charge is 2.24. The summed E-state index contributed by atoms with van der Waals surface area (Å²) in [7, 11) is 0. The molecule has 0 radical (unpaired) electrons. The molecule has 3 heterocycles. The molecule has 10 heteroatoms. The Labute approximate surface area is 198 Å². The molecule has 0 saturated carbocycles. The molecule has 5 aromatic rings. The van der Waals surface area contributed by atoms with Crippen LogP contribution in [0.5, 0.6) is 0 Å². The second-order valence-electron chi connectivity index (χ2n) is 8.61. The zero-order valence-electron chi connectivity index (χ0n) is 18.8. The largest absolute Gasteiger partial charge is 0.296 e. The number of para-hydroxylation sites is 2. The van der Waals surface area contributed by atoms with E-state index in [2.05, 4.69) is 13.8 Å². The molecule has 0 fully saturated rings. The fourth-order valence-corrected chi connectivity index (χ4v) is 4.29. The molecule has 0 aliphatic heterocycles. The lowest BCUT2D eigenvalue weighted by molar-refractivity contribution is -0.384. The lowest BCUT2D eigenvalue weighted by atomic mass is 10.1. The Morgan fingerprint density at radius 1 is 1.06 bits per heavy atom. The SMILES string of the molecule is Cc1nc2c(c(=O)n1CCC(C)C)c1nc3ccccc3nc1n2-c1ccc(Cl)c([N+](=O)[O-])c1. The van der Waals surface area contributed by atoms with E-state index in [1.54, 1.807) is 22.1 Å². The topological polar surface area (TPSA) is 109 Å². The number of nitro benzene ring substituents is 1. The van der Waals surface area contributed by atoms with Crippen LogP contribution in [0.25, 0.3) is 38.9 Å². The highest BCUT2D eigenvalue weighted by molar-refractivity contribution is 6.32. The number of fused-ring (bicyclic) bond motifs is 4. The van der Waals surface area contributed by atoms with Crippen LogP contribution in [-0.4, -0.2) is 29.0 Å². The Balaban J connectivity index is 1.93. The fraction of sp³-hybridized carbons (Fsp3) is 0.250. The maximum atomic E-state index is 13.7. The molecule has 0 aliphatic rings. The summed E-state index contributed by atoms with van der Waals surface area (Å²) in [5, 5.41) is 11.9. The normalized spacial score (nSPS) is 11.8. The second kappa shape index (κ2) is 8.18. The van der Waals surface area contributed by atoms with Gasteiger partial charge in [-0.05, 0) is 43.5 Å².